The third-order valence-corrected chi connectivity index (χ3v) is 4.32. The maximum absolute atomic E-state index is 11.8. The van der Waals surface area contributed by atoms with Gasteiger partial charge in [-0.2, -0.15) is 0 Å². The number of carbonyl (C=O) groups is 2. The molecule has 0 bridgehead atoms. The smallest absolute Gasteiger partial charge is 0.281 e. The van der Waals surface area contributed by atoms with Gasteiger partial charge in [0.05, 0.1) is 0 Å². The van der Waals surface area contributed by atoms with Crippen LogP contribution in [0.1, 0.15) is 24.8 Å². The highest BCUT2D eigenvalue weighted by Crippen LogP contribution is 2.17. The van der Waals surface area contributed by atoms with Crippen molar-refractivity contribution in [3.8, 4) is 0 Å². The Labute approximate surface area is 123 Å². The van der Waals surface area contributed by atoms with Crippen LogP contribution in [-0.2, 0) is 4.79 Å². The molecule has 1 saturated heterocycles. The van der Waals surface area contributed by atoms with Crippen molar-refractivity contribution in [2.45, 2.75) is 19.3 Å². The number of hydrogen-bond donors (Lipinski definition) is 1. The molecule has 2 amide bonds. The quantitative estimate of drug-likeness (QED) is 0.876. The van der Waals surface area contributed by atoms with Gasteiger partial charge in [0.15, 0.2) is 0 Å². The lowest BCUT2D eigenvalue weighted by atomic mass is 10.0. The summed E-state index contributed by atoms with van der Waals surface area (Å²) in [5.41, 5.74) is 1.22. The molecular formula is C15H20N2O2S. The highest BCUT2D eigenvalue weighted by Gasteiger charge is 2.21. The Morgan fingerprint density at radius 3 is 2.80 bits per heavy atom. The molecule has 0 aliphatic carbocycles. The van der Waals surface area contributed by atoms with Crippen molar-refractivity contribution in [3.63, 3.8) is 0 Å². The van der Waals surface area contributed by atoms with Crippen LogP contribution in [0.3, 0.4) is 0 Å². The van der Waals surface area contributed by atoms with E-state index in [1.807, 2.05) is 18.2 Å². The Kier molecular flexibility index (Phi) is 5.47. The first-order valence-electron chi connectivity index (χ1n) is 6.90. The molecule has 1 aromatic carbocycles. The molecule has 0 unspecified atom stereocenters. The van der Waals surface area contributed by atoms with Gasteiger partial charge in [-0.3, -0.25) is 9.59 Å². The summed E-state index contributed by atoms with van der Waals surface area (Å²) >= 11 is 1.33. The zero-order valence-corrected chi connectivity index (χ0v) is 12.5. The summed E-state index contributed by atoms with van der Waals surface area (Å²) in [6.45, 7) is 4.01. The predicted molar refractivity (Wildman–Crippen MR) is 81.9 cm³/mol. The van der Waals surface area contributed by atoms with Crippen molar-refractivity contribution >= 4 is 22.9 Å². The van der Waals surface area contributed by atoms with Gasteiger partial charge in [-0.1, -0.05) is 49.0 Å². The van der Waals surface area contributed by atoms with Crippen molar-refractivity contribution in [1.82, 2.24) is 10.2 Å². The zero-order valence-electron chi connectivity index (χ0n) is 11.7. The molecule has 1 aliphatic rings. The maximum atomic E-state index is 11.8. The number of amides is 2. The van der Waals surface area contributed by atoms with Crippen LogP contribution in [0.5, 0.6) is 0 Å². The van der Waals surface area contributed by atoms with Crippen LogP contribution >= 0.6 is 11.8 Å². The molecule has 2 rings (SSSR count). The lowest BCUT2D eigenvalue weighted by Gasteiger charge is -2.16. The summed E-state index contributed by atoms with van der Waals surface area (Å²) in [6, 6.07) is 10.1. The van der Waals surface area contributed by atoms with E-state index in [0.29, 0.717) is 25.4 Å². The normalized spacial score (nSPS) is 16.2. The maximum Gasteiger partial charge on any atom is 0.281 e. The van der Waals surface area contributed by atoms with Gasteiger partial charge in [-0.25, -0.2) is 0 Å². The van der Waals surface area contributed by atoms with Crippen LogP contribution in [0.4, 0.5) is 4.79 Å². The monoisotopic (exact) mass is 292 g/mol. The molecule has 1 fully saturated rings. The molecule has 0 aromatic heterocycles. The zero-order chi connectivity index (χ0) is 14.4. The molecular weight excluding hydrogens is 272 g/mol. The number of hydrogen-bond acceptors (Lipinski definition) is 3. The molecule has 1 heterocycles. The number of carbonyl (C=O) groups excluding carboxylic acids is 2. The average Bonchev–Trinajstić information content (AvgIpc) is 2.89. The highest BCUT2D eigenvalue weighted by molar-refractivity contribution is 8.13. The Morgan fingerprint density at radius 1 is 1.40 bits per heavy atom. The van der Waals surface area contributed by atoms with E-state index >= 15 is 0 Å². The predicted octanol–water partition coefficient (Wildman–Crippen LogP) is 2.47. The van der Waals surface area contributed by atoms with E-state index in [1.54, 1.807) is 4.90 Å². The van der Waals surface area contributed by atoms with Crippen molar-refractivity contribution in [3.05, 3.63) is 35.9 Å². The lowest BCUT2D eigenvalue weighted by Crippen LogP contribution is -2.32. The average molecular weight is 292 g/mol. The SMILES string of the molecule is C[C@@H](CNC(=O)CCN1CCSC1=O)c1ccccc1. The summed E-state index contributed by atoms with van der Waals surface area (Å²) in [6.07, 6.45) is 0.383. The van der Waals surface area contributed by atoms with Gasteiger partial charge < -0.3 is 10.2 Å². The first-order chi connectivity index (χ1) is 9.66. The van der Waals surface area contributed by atoms with E-state index in [0.717, 1.165) is 12.3 Å². The first-order valence-corrected chi connectivity index (χ1v) is 7.88. The largest absolute Gasteiger partial charge is 0.355 e. The standard InChI is InChI=1S/C15H20N2O2S/c1-12(13-5-3-2-4-6-13)11-16-14(18)7-8-17-9-10-20-15(17)19/h2-6,12H,7-11H2,1H3,(H,16,18)/t12-/m0/s1. The fraction of sp³-hybridized carbons (Fsp3) is 0.467. The second-order valence-electron chi connectivity index (χ2n) is 4.97. The molecule has 1 aliphatic heterocycles. The van der Waals surface area contributed by atoms with Gasteiger partial charge in [0, 0.05) is 31.8 Å². The van der Waals surface area contributed by atoms with E-state index < -0.39 is 0 Å². The molecule has 1 atom stereocenters. The van der Waals surface area contributed by atoms with Gasteiger partial charge in [0.2, 0.25) is 5.91 Å². The van der Waals surface area contributed by atoms with Gasteiger partial charge in [-0.15, -0.1) is 0 Å². The Morgan fingerprint density at radius 2 is 2.15 bits per heavy atom. The first kappa shape index (κ1) is 14.9. The third-order valence-electron chi connectivity index (χ3n) is 3.43. The van der Waals surface area contributed by atoms with E-state index in [2.05, 4.69) is 24.4 Å². The van der Waals surface area contributed by atoms with Gasteiger partial charge >= 0.3 is 0 Å². The van der Waals surface area contributed by atoms with E-state index in [4.69, 9.17) is 0 Å². The number of benzene rings is 1. The summed E-state index contributed by atoms with van der Waals surface area (Å²) in [4.78, 5) is 24.9. The van der Waals surface area contributed by atoms with Crippen LogP contribution in [0, 0.1) is 0 Å². The Hall–Kier alpha value is -1.49. The molecule has 1 N–H and O–H groups in total. The molecule has 0 saturated carbocycles. The van der Waals surface area contributed by atoms with Gasteiger partial charge in [0.1, 0.15) is 0 Å². The molecule has 0 radical (unpaired) electrons. The molecule has 4 nitrogen and oxygen atoms in total. The van der Waals surface area contributed by atoms with E-state index in [-0.39, 0.29) is 11.1 Å². The van der Waals surface area contributed by atoms with Crippen LogP contribution in [0.15, 0.2) is 30.3 Å². The van der Waals surface area contributed by atoms with Crippen molar-refractivity contribution in [1.29, 1.82) is 0 Å². The van der Waals surface area contributed by atoms with E-state index in [9.17, 15) is 9.59 Å². The minimum absolute atomic E-state index is 0.0116. The second-order valence-corrected chi connectivity index (χ2v) is 6.01. The van der Waals surface area contributed by atoms with Crippen molar-refractivity contribution in [2.24, 2.45) is 0 Å². The van der Waals surface area contributed by atoms with Gasteiger partial charge in [-0.05, 0) is 11.5 Å². The number of thioether (sulfide) groups is 1. The summed E-state index contributed by atoms with van der Waals surface area (Å²) < 4.78 is 0. The molecule has 0 spiro atoms. The molecule has 20 heavy (non-hydrogen) atoms. The lowest BCUT2D eigenvalue weighted by molar-refractivity contribution is -0.121. The van der Waals surface area contributed by atoms with E-state index in [1.165, 1.54) is 17.3 Å². The van der Waals surface area contributed by atoms with Crippen LogP contribution < -0.4 is 5.32 Å². The summed E-state index contributed by atoms with van der Waals surface area (Å²) in [7, 11) is 0. The minimum atomic E-state index is 0.0116. The number of nitrogens with one attached hydrogen (secondary N) is 1. The second kappa shape index (κ2) is 7.33. The fourth-order valence-electron chi connectivity index (χ4n) is 2.12. The molecule has 1 aromatic rings. The minimum Gasteiger partial charge on any atom is -0.355 e. The van der Waals surface area contributed by atoms with Gasteiger partial charge in [0.25, 0.3) is 5.24 Å². The Bertz CT molecular complexity index is 464. The summed E-state index contributed by atoms with van der Waals surface area (Å²) in [5.74, 6) is 1.15. The summed E-state index contributed by atoms with van der Waals surface area (Å²) in [5, 5.41) is 3.03. The number of rotatable bonds is 6. The Balaban J connectivity index is 1.68. The number of nitrogens with zero attached hydrogens (tertiary/aromatic N) is 1. The van der Waals surface area contributed by atoms with Crippen LogP contribution in [-0.4, -0.2) is 41.4 Å². The van der Waals surface area contributed by atoms with Crippen LogP contribution in [0.2, 0.25) is 0 Å². The topological polar surface area (TPSA) is 49.4 Å². The van der Waals surface area contributed by atoms with Crippen LogP contribution in [0.25, 0.3) is 0 Å². The van der Waals surface area contributed by atoms with Crippen molar-refractivity contribution in [2.75, 3.05) is 25.4 Å². The van der Waals surface area contributed by atoms with Crippen molar-refractivity contribution < 1.29 is 9.59 Å². The molecule has 108 valence electrons. The molecule has 5 heteroatoms. The highest BCUT2D eigenvalue weighted by atomic mass is 32.2. The third kappa shape index (κ3) is 4.27. The fourth-order valence-corrected chi connectivity index (χ4v) is 2.97.